The monoisotopic (exact) mass is 953 g/mol. The molecule has 0 bridgehead atoms. The number of thiophene rings is 1. The van der Waals surface area contributed by atoms with Crippen LogP contribution in [0.25, 0.3) is 21.2 Å². The molecule has 0 saturated heterocycles. The fourth-order valence-corrected chi connectivity index (χ4v) is 15.3. The highest BCUT2D eigenvalue weighted by Crippen LogP contribution is 2.57. The summed E-state index contributed by atoms with van der Waals surface area (Å²) in [6.45, 7) is 39.4. The highest BCUT2D eigenvalue weighted by Gasteiger charge is 2.49. The Morgan fingerprint density at radius 3 is 1.56 bits per heavy atom. The summed E-state index contributed by atoms with van der Waals surface area (Å²) in [5.74, 6) is 0. The van der Waals surface area contributed by atoms with Crippen molar-refractivity contribution in [3.8, 4) is 11.1 Å². The van der Waals surface area contributed by atoms with Gasteiger partial charge in [-0.1, -0.05) is 152 Å². The fourth-order valence-electron chi connectivity index (χ4n) is 14.0. The van der Waals surface area contributed by atoms with Crippen LogP contribution in [0, 0.1) is 6.92 Å². The molecule has 0 unspecified atom stereocenters. The molecule has 4 heteroatoms. The SMILES string of the molecule is Cc1cc2c3c(c1)N(c1ccc4c(c1)C(C)(C)CCC4(C)C)c1c(sc4ccc(C(C)(C)C)cc14)B3c1cc3c(cc1N2c1cc2c(cc1-c1ccccc1)C(C)(C)CCC2(C)C)C(C)(C)CCC3(C)C. The van der Waals surface area contributed by atoms with Gasteiger partial charge in [0, 0.05) is 43.2 Å². The van der Waals surface area contributed by atoms with Gasteiger partial charge in [-0.05, 0) is 199 Å². The zero-order chi connectivity index (χ0) is 50.3. The van der Waals surface area contributed by atoms with Gasteiger partial charge in [-0.3, -0.25) is 0 Å². The molecule has 1 aromatic heterocycles. The highest BCUT2D eigenvalue weighted by molar-refractivity contribution is 7.33. The summed E-state index contributed by atoms with van der Waals surface area (Å²) in [7, 11) is 0. The summed E-state index contributed by atoms with van der Waals surface area (Å²) in [6, 6.07) is 42.2. The third-order valence-electron chi connectivity index (χ3n) is 19.0. The van der Waals surface area contributed by atoms with Crippen LogP contribution in [-0.2, 0) is 37.9 Å². The molecule has 0 radical (unpaired) electrons. The lowest BCUT2D eigenvalue weighted by Crippen LogP contribution is -2.61. The van der Waals surface area contributed by atoms with Crippen molar-refractivity contribution in [1.82, 2.24) is 0 Å². The molecule has 0 atom stereocenters. The Kier molecular flexibility index (Phi) is 9.94. The first-order valence-corrected chi connectivity index (χ1v) is 27.9. The summed E-state index contributed by atoms with van der Waals surface area (Å²) in [5.41, 5.74) is 25.5. The van der Waals surface area contributed by atoms with Crippen LogP contribution in [0.2, 0.25) is 0 Å². The van der Waals surface area contributed by atoms with Crippen molar-refractivity contribution in [3.05, 3.63) is 148 Å². The quantitative estimate of drug-likeness (QED) is 0.163. The van der Waals surface area contributed by atoms with E-state index in [1.54, 1.807) is 0 Å². The topological polar surface area (TPSA) is 6.48 Å². The lowest BCUT2D eigenvalue weighted by Gasteiger charge is -2.48. The van der Waals surface area contributed by atoms with Gasteiger partial charge in [0.25, 0.3) is 6.71 Å². The molecule has 0 N–H and O–H groups in total. The molecule has 364 valence electrons. The van der Waals surface area contributed by atoms with Crippen molar-refractivity contribution in [2.75, 3.05) is 9.80 Å². The number of aryl methyl sites for hydroxylation is 1. The van der Waals surface area contributed by atoms with Crippen molar-refractivity contribution in [3.63, 3.8) is 0 Å². The van der Waals surface area contributed by atoms with E-state index in [2.05, 4.69) is 224 Å². The van der Waals surface area contributed by atoms with Gasteiger partial charge in [0.1, 0.15) is 0 Å². The van der Waals surface area contributed by atoms with Gasteiger partial charge in [-0.15, -0.1) is 11.3 Å². The standard InChI is InChI=1S/C67H77BN2S/c1-40-32-55-58-56(33-40)70(53-38-50-48(64(9,10)28-30-66(50,13)14)36-44(53)41-20-18-17-19-21-41)54-39-51-49(65(11,12)29-31-67(51,15)16)37-52(54)68(58)60-59(45-34-42(61(2,3)4)22-25-57(45)71-60)69(55)43-23-24-46-47(35-43)63(7,8)27-26-62(46,5)6/h17-25,32-39H,26-31H2,1-16H3. The first-order valence-electron chi connectivity index (χ1n) is 27.1. The zero-order valence-corrected chi connectivity index (χ0v) is 46.8. The van der Waals surface area contributed by atoms with Crippen LogP contribution in [0.4, 0.5) is 34.1 Å². The smallest absolute Gasteiger partial charge is 0.264 e. The molecule has 2 aliphatic heterocycles. The van der Waals surface area contributed by atoms with Crippen molar-refractivity contribution in [2.45, 2.75) is 187 Å². The maximum Gasteiger partial charge on any atom is 0.264 e. The second kappa shape index (κ2) is 15.0. The molecule has 7 aromatic rings. The van der Waals surface area contributed by atoms with E-state index in [-0.39, 0.29) is 44.6 Å². The van der Waals surface area contributed by atoms with Crippen molar-refractivity contribution >= 4 is 78.0 Å². The Hall–Kier alpha value is -5.06. The third-order valence-corrected chi connectivity index (χ3v) is 20.3. The molecular formula is C67H77BN2S. The summed E-state index contributed by atoms with van der Waals surface area (Å²) in [5, 5.41) is 1.37. The van der Waals surface area contributed by atoms with E-state index in [1.807, 2.05) is 11.3 Å². The Morgan fingerprint density at radius 1 is 0.479 bits per heavy atom. The number of anilines is 6. The molecule has 71 heavy (non-hydrogen) atoms. The number of fused-ring (bicyclic) bond motifs is 9. The summed E-state index contributed by atoms with van der Waals surface area (Å²) < 4.78 is 2.83. The van der Waals surface area contributed by atoms with Crippen LogP contribution >= 0.6 is 11.3 Å². The first kappa shape index (κ1) is 47.0. The zero-order valence-electron chi connectivity index (χ0n) is 45.9. The second-order valence-corrected chi connectivity index (χ2v) is 29.0. The minimum atomic E-state index is 0.0100. The Balaban J connectivity index is 1.24. The maximum absolute atomic E-state index is 2.78. The van der Waals surface area contributed by atoms with E-state index in [4.69, 9.17) is 0 Å². The lowest BCUT2D eigenvalue weighted by molar-refractivity contribution is 0.332. The van der Waals surface area contributed by atoms with Crippen LogP contribution in [0.5, 0.6) is 0 Å². The van der Waals surface area contributed by atoms with Gasteiger partial charge < -0.3 is 9.80 Å². The van der Waals surface area contributed by atoms with Crippen LogP contribution < -0.4 is 25.5 Å². The number of hydrogen-bond acceptors (Lipinski definition) is 3. The van der Waals surface area contributed by atoms with Crippen LogP contribution in [0.1, 0.15) is 187 Å². The number of hydrogen-bond donors (Lipinski definition) is 0. The lowest BCUT2D eigenvalue weighted by atomic mass is 9.35. The Morgan fingerprint density at radius 2 is 0.986 bits per heavy atom. The van der Waals surface area contributed by atoms with Crippen LogP contribution in [0.3, 0.4) is 0 Å². The molecule has 5 aliphatic rings. The highest BCUT2D eigenvalue weighted by atomic mass is 32.1. The summed E-state index contributed by atoms with van der Waals surface area (Å²) in [6.07, 6.45) is 7.08. The predicted octanol–water partition coefficient (Wildman–Crippen LogP) is 17.3. The molecule has 3 aliphatic carbocycles. The molecular weight excluding hydrogens is 876 g/mol. The van der Waals surface area contributed by atoms with E-state index >= 15 is 0 Å². The molecule has 0 fully saturated rings. The average Bonchev–Trinajstić information content (AvgIpc) is 3.69. The molecule has 0 spiro atoms. The minimum absolute atomic E-state index is 0.0100. The number of rotatable bonds is 3. The third kappa shape index (κ3) is 6.98. The van der Waals surface area contributed by atoms with Crippen molar-refractivity contribution < 1.29 is 0 Å². The van der Waals surface area contributed by atoms with Crippen LogP contribution in [-0.4, -0.2) is 6.71 Å². The number of nitrogens with zero attached hydrogens (tertiary/aromatic N) is 2. The normalized spacial score (nSPS) is 20.4. The largest absolute Gasteiger partial charge is 0.311 e. The van der Waals surface area contributed by atoms with E-state index < -0.39 is 0 Å². The molecule has 3 heterocycles. The van der Waals surface area contributed by atoms with E-state index in [9.17, 15) is 0 Å². The molecule has 6 aromatic carbocycles. The van der Waals surface area contributed by atoms with Gasteiger partial charge in [0.2, 0.25) is 0 Å². The Bertz CT molecular complexity index is 3390. The summed E-state index contributed by atoms with van der Waals surface area (Å²) in [4.78, 5) is 5.52. The van der Waals surface area contributed by atoms with Gasteiger partial charge in [0.05, 0.1) is 11.4 Å². The summed E-state index contributed by atoms with van der Waals surface area (Å²) >= 11 is 2.04. The van der Waals surface area contributed by atoms with Crippen molar-refractivity contribution in [1.29, 1.82) is 0 Å². The Labute approximate surface area is 431 Å². The second-order valence-electron chi connectivity index (χ2n) is 27.9. The van der Waals surface area contributed by atoms with Crippen molar-refractivity contribution in [2.24, 2.45) is 0 Å². The van der Waals surface area contributed by atoms with Gasteiger partial charge in [0.15, 0.2) is 0 Å². The van der Waals surface area contributed by atoms with Gasteiger partial charge in [-0.25, -0.2) is 0 Å². The fraction of sp³-hybridized carbons (Fsp3) is 0.433. The molecule has 0 amide bonds. The van der Waals surface area contributed by atoms with Crippen LogP contribution in [0.15, 0.2) is 103 Å². The van der Waals surface area contributed by atoms with E-state index in [0.29, 0.717) is 0 Å². The van der Waals surface area contributed by atoms with E-state index in [1.165, 1.54) is 154 Å². The van der Waals surface area contributed by atoms with Gasteiger partial charge >= 0.3 is 0 Å². The molecule has 2 nitrogen and oxygen atoms in total. The van der Waals surface area contributed by atoms with Gasteiger partial charge in [-0.2, -0.15) is 0 Å². The minimum Gasteiger partial charge on any atom is -0.311 e. The maximum atomic E-state index is 2.78. The number of benzene rings is 6. The van der Waals surface area contributed by atoms with E-state index in [0.717, 1.165) is 0 Å². The molecule has 12 rings (SSSR count). The molecule has 0 saturated carbocycles. The average molecular weight is 953 g/mol. The first-order chi connectivity index (χ1) is 33.2. The predicted molar refractivity (Wildman–Crippen MR) is 311 cm³/mol.